The van der Waals surface area contributed by atoms with Crippen LogP contribution in [0.1, 0.15) is 28.4 Å². The minimum atomic E-state index is -3.81. The van der Waals surface area contributed by atoms with Crippen LogP contribution in [0.25, 0.3) is 0 Å². The number of sulfonamides is 1. The van der Waals surface area contributed by atoms with Crippen molar-refractivity contribution in [2.75, 3.05) is 16.3 Å². The van der Waals surface area contributed by atoms with Gasteiger partial charge in [-0.25, -0.2) is 8.42 Å². The van der Waals surface area contributed by atoms with Gasteiger partial charge in [-0.2, -0.15) is 0 Å². The fourth-order valence-corrected chi connectivity index (χ4v) is 5.31. The van der Waals surface area contributed by atoms with Crippen LogP contribution in [0.2, 0.25) is 0 Å². The fourth-order valence-electron chi connectivity index (χ4n) is 4.01. The quantitative estimate of drug-likeness (QED) is 0.628. The van der Waals surface area contributed by atoms with Gasteiger partial charge in [0.05, 0.1) is 10.6 Å². The molecule has 1 amide bonds. The molecule has 1 heterocycles. The van der Waals surface area contributed by atoms with Gasteiger partial charge < -0.3 is 4.90 Å². The van der Waals surface area contributed by atoms with Gasteiger partial charge in [0, 0.05) is 24.3 Å². The zero-order valence-corrected chi connectivity index (χ0v) is 18.1. The predicted molar refractivity (Wildman–Crippen MR) is 120 cm³/mol. The topological polar surface area (TPSA) is 57.7 Å². The monoisotopic (exact) mass is 420 g/mol. The van der Waals surface area contributed by atoms with Crippen LogP contribution in [0.15, 0.2) is 77.7 Å². The Morgan fingerprint density at radius 3 is 2.47 bits per heavy atom. The summed E-state index contributed by atoms with van der Waals surface area (Å²) in [6, 6.07) is 21.5. The third-order valence-electron chi connectivity index (χ3n) is 5.62. The number of benzene rings is 3. The lowest BCUT2D eigenvalue weighted by Gasteiger charge is -2.24. The molecule has 154 valence electrons. The van der Waals surface area contributed by atoms with Crippen LogP contribution in [-0.2, 0) is 16.4 Å². The Hall–Kier alpha value is -3.12. The number of rotatable bonds is 4. The Bertz CT molecular complexity index is 1220. The molecule has 6 heteroatoms. The van der Waals surface area contributed by atoms with E-state index in [4.69, 9.17) is 0 Å². The summed E-state index contributed by atoms with van der Waals surface area (Å²) >= 11 is 0. The van der Waals surface area contributed by atoms with E-state index in [0.717, 1.165) is 23.2 Å². The van der Waals surface area contributed by atoms with E-state index < -0.39 is 10.0 Å². The third kappa shape index (κ3) is 3.37. The van der Waals surface area contributed by atoms with Crippen LogP contribution in [0.3, 0.4) is 0 Å². The van der Waals surface area contributed by atoms with Gasteiger partial charge in [-0.1, -0.05) is 42.5 Å². The highest BCUT2D eigenvalue weighted by molar-refractivity contribution is 7.92. The Labute approximate surface area is 177 Å². The minimum Gasteiger partial charge on any atom is -0.305 e. The standard InChI is InChI=1S/C24H24N2O3S/c1-17-9-4-6-13-22(17)25(3)30(28,29)21-12-8-11-20(16-21)24(27)26-18(2)15-19-10-5-7-14-23(19)26/h4-14,16,18H,15H2,1-3H3/t18-/m0/s1. The number of amides is 1. The molecule has 0 saturated heterocycles. The van der Waals surface area contributed by atoms with Crippen molar-refractivity contribution in [3.8, 4) is 0 Å². The van der Waals surface area contributed by atoms with Crippen molar-refractivity contribution < 1.29 is 13.2 Å². The summed E-state index contributed by atoms with van der Waals surface area (Å²) < 4.78 is 27.8. The number of hydrogen-bond donors (Lipinski definition) is 0. The Morgan fingerprint density at radius 2 is 1.70 bits per heavy atom. The predicted octanol–water partition coefficient (Wildman–Crippen LogP) is 4.41. The second kappa shape index (κ2) is 7.61. The lowest BCUT2D eigenvalue weighted by Crippen LogP contribution is -2.36. The van der Waals surface area contributed by atoms with Gasteiger partial charge in [-0.15, -0.1) is 0 Å². The van der Waals surface area contributed by atoms with Crippen molar-refractivity contribution >= 4 is 27.3 Å². The summed E-state index contributed by atoms with van der Waals surface area (Å²) in [5, 5.41) is 0. The van der Waals surface area contributed by atoms with Gasteiger partial charge in [-0.05, 0) is 61.7 Å². The van der Waals surface area contributed by atoms with E-state index in [1.165, 1.54) is 23.5 Å². The third-order valence-corrected chi connectivity index (χ3v) is 7.39. The molecular formula is C24H24N2O3S. The lowest BCUT2D eigenvalue weighted by atomic mass is 10.1. The van der Waals surface area contributed by atoms with Gasteiger partial charge in [0.1, 0.15) is 0 Å². The number of nitrogens with zero attached hydrogens (tertiary/aromatic N) is 2. The largest absolute Gasteiger partial charge is 0.305 e. The number of anilines is 2. The van der Waals surface area contributed by atoms with Crippen LogP contribution >= 0.6 is 0 Å². The van der Waals surface area contributed by atoms with Crippen molar-refractivity contribution in [3.63, 3.8) is 0 Å². The van der Waals surface area contributed by atoms with E-state index in [0.29, 0.717) is 11.3 Å². The van der Waals surface area contributed by atoms with Crippen molar-refractivity contribution in [1.29, 1.82) is 0 Å². The van der Waals surface area contributed by atoms with E-state index in [2.05, 4.69) is 0 Å². The lowest BCUT2D eigenvalue weighted by molar-refractivity contribution is 0.0981. The highest BCUT2D eigenvalue weighted by atomic mass is 32.2. The Balaban J connectivity index is 1.69. The molecule has 0 aliphatic carbocycles. The Morgan fingerprint density at radius 1 is 1.00 bits per heavy atom. The molecule has 1 aliphatic heterocycles. The molecule has 0 bridgehead atoms. The van der Waals surface area contributed by atoms with E-state index in [9.17, 15) is 13.2 Å². The summed E-state index contributed by atoms with van der Waals surface area (Å²) in [5.41, 5.74) is 3.84. The zero-order chi connectivity index (χ0) is 21.5. The molecule has 1 atom stereocenters. The normalized spacial score (nSPS) is 15.7. The molecule has 3 aromatic rings. The summed E-state index contributed by atoms with van der Waals surface area (Å²) in [5.74, 6) is -0.192. The SMILES string of the molecule is Cc1ccccc1N(C)S(=O)(=O)c1cccc(C(=O)N2c3ccccc3C[C@@H]2C)c1. The van der Waals surface area contributed by atoms with Gasteiger partial charge in [0.15, 0.2) is 0 Å². The first-order valence-electron chi connectivity index (χ1n) is 9.87. The maximum Gasteiger partial charge on any atom is 0.264 e. The van der Waals surface area contributed by atoms with Crippen molar-refractivity contribution in [1.82, 2.24) is 0 Å². The number of para-hydroxylation sites is 2. The Kier molecular flexibility index (Phi) is 5.12. The number of carbonyl (C=O) groups excluding carboxylic acids is 1. The molecule has 0 saturated carbocycles. The number of fused-ring (bicyclic) bond motifs is 1. The van der Waals surface area contributed by atoms with Crippen LogP contribution < -0.4 is 9.21 Å². The molecule has 3 aromatic carbocycles. The summed E-state index contributed by atoms with van der Waals surface area (Å²) in [7, 11) is -2.27. The molecule has 0 spiro atoms. The summed E-state index contributed by atoms with van der Waals surface area (Å²) in [6.07, 6.45) is 0.788. The van der Waals surface area contributed by atoms with Crippen molar-refractivity contribution in [2.24, 2.45) is 0 Å². The molecule has 5 nitrogen and oxygen atoms in total. The molecule has 0 unspecified atom stereocenters. The van der Waals surface area contributed by atoms with Crippen molar-refractivity contribution in [2.45, 2.75) is 31.2 Å². The fraction of sp³-hybridized carbons (Fsp3) is 0.208. The smallest absolute Gasteiger partial charge is 0.264 e. The molecule has 0 aromatic heterocycles. The van der Waals surface area contributed by atoms with E-state index in [1.54, 1.807) is 29.2 Å². The van der Waals surface area contributed by atoms with Crippen LogP contribution in [0.4, 0.5) is 11.4 Å². The highest BCUT2D eigenvalue weighted by Crippen LogP contribution is 2.33. The van der Waals surface area contributed by atoms with Gasteiger partial charge in [-0.3, -0.25) is 9.10 Å². The first-order chi connectivity index (χ1) is 14.3. The zero-order valence-electron chi connectivity index (χ0n) is 17.2. The average molecular weight is 421 g/mol. The minimum absolute atomic E-state index is 0.0183. The number of hydrogen-bond acceptors (Lipinski definition) is 3. The molecule has 0 radical (unpaired) electrons. The summed E-state index contributed by atoms with van der Waals surface area (Å²) in [6.45, 7) is 3.87. The van der Waals surface area contributed by atoms with E-state index >= 15 is 0 Å². The average Bonchev–Trinajstić information content (AvgIpc) is 3.08. The van der Waals surface area contributed by atoms with E-state index in [1.807, 2.05) is 50.2 Å². The molecule has 0 fully saturated rings. The van der Waals surface area contributed by atoms with Crippen molar-refractivity contribution in [3.05, 3.63) is 89.5 Å². The van der Waals surface area contributed by atoms with Crippen LogP contribution in [-0.4, -0.2) is 27.4 Å². The molecule has 0 N–H and O–H groups in total. The second-order valence-corrected chi connectivity index (χ2v) is 9.61. The van der Waals surface area contributed by atoms with E-state index in [-0.39, 0.29) is 16.8 Å². The van der Waals surface area contributed by atoms with Gasteiger partial charge in [0.25, 0.3) is 15.9 Å². The molecule has 1 aliphatic rings. The molecular weight excluding hydrogens is 396 g/mol. The van der Waals surface area contributed by atoms with Crippen LogP contribution in [0.5, 0.6) is 0 Å². The van der Waals surface area contributed by atoms with Gasteiger partial charge >= 0.3 is 0 Å². The maximum absolute atomic E-state index is 13.3. The summed E-state index contributed by atoms with van der Waals surface area (Å²) in [4.78, 5) is 15.2. The number of aryl methyl sites for hydroxylation is 1. The molecule has 4 rings (SSSR count). The highest BCUT2D eigenvalue weighted by Gasteiger charge is 2.32. The van der Waals surface area contributed by atoms with Gasteiger partial charge in [0.2, 0.25) is 0 Å². The second-order valence-electron chi connectivity index (χ2n) is 7.64. The van der Waals surface area contributed by atoms with Crippen LogP contribution in [0, 0.1) is 6.92 Å². The first-order valence-corrected chi connectivity index (χ1v) is 11.3. The number of carbonyl (C=O) groups is 1. The first kappa shape index (κ1) is 20.2. The maximum atomic E-state index is 13.3. The molecule has 30 heavy (non-hydrogen) atoms.